The van der Waals surface area contributed by atoms with Gasteiger partial charge in [0.2, 0.25) is 0 Å². The van der Waals surface area contributed by atoms with E-state index in [4.69, 9.17) is 33.1 Å². The third kappa shape index (κ3) is 12.6. The monoisotopic (exact) mass is 1450 g/mol. The first kappa shape index (κ1) is 69.1. The van der Waals surface area contributed by atoms with E-state index in [2.05, 4.69) is 349 Å². The van der Waals surface area contributed by atoms with Crippen LogP contribution in [0.2, 0.25) is 0 Å². The molecule has 0 spiro atoms. The van der Waals surface area contributed by atoms with Crippen LogP contribution in [0.25, 0.3) is 144 Å². The van der Waals surface area contributed by atoms with Crippen LogP contribution >= 0.6 is 0 Å². The van der Waals surface area contributed by atoms with Gasteiger partial charge in [-0.1, -0.05) is 388 Å². The van der Waals surface area contributed by atoms with Gasteiger partial charge in [0.15, 0.2) is 23.0 Å². The summed E-state index contributed by atoms with van der Waals surface area (Å²) in [7, 11) is 0. The molecule has 6 heteroatoms. The fraction of sp³-hybridized carbons (Fsp3) is 0.0185. The van der Waals surface area contributed by atoms with Crippen LogP contribution < -0.4 is 0 Å². The fourth-order valence-electron chi connectivity index (χ4n) is 17.0. The van der Waals surface area contributed by atoms with Crippen LogP contribution in [0.1, 0.15) is 44.5 Å². The molecule has 2 heterocycles. The van der Waals surface area contributed by atoms with E-state index < -0.39 is 10.8 Å². The molecule has 0 fully saturated rings. The number of fused-ring (bicyclic) bond motifs is 6. The van der Waals surface area contributed by atoms with E-state index in [-0.39, 0.29) is 0 Å². The van der Waals surface area contributed by atoms with Crippen LogP contribution in [0.5, 0.6) is 0 Å². The molecular formula is C108H70N6. The van der Waals surface area contributed by atoms with Gasteiger partial charge in [0.05, 0.1) is 46.7 Å². The van der Waals surface area contributed by atoms with E-state index in [1.54, 1.807) is 0 Å². The van der Waals surface area contributed by atoms with Crippen molar-refractivity contribution >= 4 is 11.4 Å². The van der Waals surface area contributed by atoms with Crippen molar-refractivity contribution in [2.75, 3.05) is 0 Å². The fourth-order valence-corrected chi connectivity index (χ4v) is 17.0. The molecule has 16 aromatic carbocycles. The number of hydrogen-bond acceptors (Lipinski definition) is 4. The summed E-state index contributed by atoms with van der Waals surface area (Å²) in [5.74, 6) is 1.37. The predicted molar refractivity (Wildman–Crippen MR) is 466 cm³/mol. The average Bonchev–Trinajstić information content (AvgIpc) is 1.54. The Kier molecular flexibility index (Phi) is 18.1. The molecule has 18 aromatic rings. The zero-order valence-corrected chi connectivity index (χ0v) is 62.1. The summed E-state index contributed by atoms with van der Waals surface area (Å²) in [6, 6.07) is 149. The van der Waals surface area contributed by atoms with Crippen molar-refractivity contribution in [2.45, 2.75) is 10.8 Å². The Labute approximate surface area is 664 Å². The van der Waals surface area contributed by atoms with Crippen LogP contribution in [0.3, 0.4) is 0 Å². The quantitative estimate of drug-likeness (QED) is 0.102. The lowest BCUT2D eigenvalue weighted by Gasteiger charge is -2.34. The van der Waals surface area contributed by atoms with E-state index in [9.17, 15) is 0 Å². The van der Waals surface area contributed by atoms with Crippen LogP contribution in [-0.2, 0) is 10.8 Å². The highest BCUT2D eigenvalue weighted by molar-refractivity contribution is 5.93. The molecule has 2 aromatic heterocycles. The molecule has 114 heavy (non-hydrogen) atoms. The van der Waals surface area contributed by atoms with Gasteiger partial charge in [-0.15, -0.1) is 0 Å². The summed E-state index contributed by atoms with van der Waals surface area (Å²) in [6.07, 6.45) is 0. The van der Waals surface area contributed by atoms with Gasteiger partial charge in [0.1, 0.15) is 0 Å². The summed E-state index contributed by atoms with van der Waals surface area (Å²) in [6.45, 7) is 15.7. The molecule has 20 rings (SSSR count). The van der Waals surface area contributed by atoms with Crippen molar-refractivity contribution < 1.29 is 0 Å². The van der Waals surface area contributed by atoms with Gasteiger partial charge in [-0.3, -0.25) is 0 Å². The van der Waals surface area contributed by atoms with Crippen molar-refractivity contribution in [2.24, 2.45) is 0 Å². The third-order valence-electron chi connectivity index (χ3n) is 22.4. The predicted octanol–water partition coefficient (Wildman–Crippen LogP) is 27.5. The van der Waals surface area contributed by atoms with Crippen molar-refractivity contribution in [3.05, 3.63) is 492 Å². The lowest BCUT2D eigenvalue weighted by atomic mass is 9.67. The third-order valence-corrected chi connectivity index (χ3v) is 22.4. The smallest absolute Gasteiger partial charge is 0.187 e. The normalized spacial score (nSPS) is 12.3. The summed E-state index contributed by atoms with van der Waals surface area (Å²) in [4.78, 5) is 28.0. The van der Waals surface area contributed by atoms with E-state index in [0.717, 1.165) is 106 Å². The molecular weight excluding hydrogens is 1380 g/mol. The summed E-state index contributed by atoms with van der Waals surface area (Å²) in [5.41, 5.74) is 33.1. The molecule has 0 saturated carbocycles. The maximum absolute atomic E-state index is 7.89. The Morgan fingerprint density at radius 3 is 0.675 bits per heavy atom. The van der Waals surface area contributed by atoms with Crippen molar-refractivity contribution in [3.63, 3.8) is 0 Å². The summed E-state index contributed by atoms with van der Waals surface area (Å²) < 4.78 is 0. The lowest BCUT2D eigenvalue weighted by Crippen LogP contribution is -2.28. The second kappa shape index (κ2) is 29.9. The second-order valence-electron chi connectivity index (χ2n) is 28.9. The van der Waals surface area contributed by atoms with Gasteiger partial charge >= 0.3 is 0 Å². The molecule has 6 nitrogen and oxygen atoms in total. The number of rotatable bonds is 14. The zero-order valence-electron chi connectivity index (χ0n) is 62.1. The van der Waals surface area contributed by atoms with Crippen molar-refractivity contribution in [1.82, 2.24) is 19.9 Å². The first-order valence-corrected chi connectivity index (χ1v) is 38.4. The van der Waals surface area contributed by atoms with E-state index in [0.29, 0.717) is 23.0 Å². The van der Waals surface area contributed by atoms with Gasteiger partial charge in [-0.25, -0.2) is 29.6 Å². The Hall–Kier alpha value is -15.3. The molecule has 0 N–H and O–H groups in total. The van der Waals surface area contributed by atoms with E-state index in [1.165, 1.54) is 61.2 Å². The number of benzene rings is 16. The Balaban J connectivity index is 0.000000156. The van der Waals surface area contributed by atoms with Crippen molar-refractivity contribution in [1.29, 1.82) is 0 Å². The van der Waals surface area contributed by atoms with Gasteiger partial charge in [0.25, 0.3) is 0 Å². The highest BCUT2D eigenvalue weighted by atomic mass is 14.9. The maximum atomic E-state index is 7.89. The number of aromatic nitrogens is 4. The highest BCUT2D eigenvalue weighted by Crippen LogP contribution is 2.59. The maximum Gasteiger partial charge on any atom is 0.187 e. The first-order valence-electron chi connectivity index (χ1n) is 38.4. The summed E-state index contributed by atoms with van der Waals surface area (Å²) >= 11 is 0. The molecule has 2 aliphatic rings. The number of nitrogens with zero attached hydrogens (tertiary/aromatic N) is 6. The number of hydrogen-bond donors (Lipinski definition) is 0. The first-order chi connectivity index (χ1) is 56.4. The molecule has 0 aliphatic heterocycles. The molecule has 532 valence electrons. The minimum atomic E-state index is -0.524. The van der Waals surface area contributed by atoms with Crippen LogP contribution in [0.15, 0.2) is 425 Å². The molecule has 0 unspecified atom stereocenters. The van der Waals surface area contributed by atoms with Crippen LogP contribution in [0.4, 0.5) is 11.4 Å². The minimum Gasteiger partial charge on any atom is -0.238 e. The zero-order chi connectivity index (χ0) is 76.4. The van der Waals surface area contributed by atoms with E-state index >= 15 is 0 Å². The Morgan fingerprint density at radius 1 is 0.175 bits per heavy atom. The molecule has 0 radical (unpaired) electrons. The van der Waals surface area contributed by atoms with Gasteiger partial charge < -0.3 is 0 Å². The molecule has 2 aliphatic carbocycles. The summed E-state index contributed by atoms with van der Waals surface area (Å²) in [5, 5.41) is 0. The minimum absolute atomic E-state index is 0.504. The molecule has 0 amide bonds. The molecule has 0 atom stereocenters. The lowest BCUT2D eigenvalue weighted by molar-refractivity contribution is 0.768. The topological polar surface area (TPSA) is 60.3 Å². The Morgan fingerprint density at radius 2 is 0.377 bits per heavy atom. The van der Waals surface area contributed by atoms with E-state index in [1.807, 2.05) is 84.9 Å². The standard InChI is InChI=1S/C60H39N3.C48H31N3/c1-61-52-35-37-56-54(39-52)53-38-49(34-36-55(53)60(56,50-18-10-4-11-19-50)51-20-12-5-13-21-51)45-28-32-48(33-29-45)59-62-57(46-16-8-3-9-17-46)40-58(63-59)47-30-26-44(27-31-47)43-24-22-42(23-25-43)41-14-6-2-7-15-41;1-49-40-27-29-44-42(31-40)41-30-37(26-28-43(41)48(44,38-18-10-4-11-19-38)39-20-12-5-13-21-39)33-22-24-35(25-23-33)46-32-45(34-14-6-2-7-15-34)50-47(51-46)36-16-8-3-9-17-36/h2-40H;2-32H. The SMILES string of the molecule is [C-]#[N+]c1ccc2c(c1)-c1cc(-c3ccc(-c4cc(-c5ccccc5)nc(-c5ccccc5)n4)cc3)ccc1C2(c1ccccc1)c1ccccc1.[C-]#[N+]c1ccc2c(c1)-c1cc(-c3ccc(-c4nc(-c5ccccc5)cc(-c5ccc(-c6ccc(-c7ccccc7)cc6)cc5)n4)cc3)ccc1C2(c1ccccc1)c1ccccc1. The molecule has 0 saturated heterocycles. The van der Waals surface area contributed by atoms with Crippen LogP contribution in [0, 0.1) is 13.1 Å². The second-order valence-corrected chi connectivity index (χ2v) is 28.9. The highest BCUT2D eigenvalue weighted by Gasteiger charge is 2.48. The largest absolute Gasteiger partial charge is 0.238 e. The molecule has 0 bridgehead atoms. The van der Waals surface area contributed by atoms with Gasteiger partial charge in [0, 0.05) is 33.4 Å². The Bertz CT molecular complexity index is 6510. The van der Waals surface area contributed by atoms with Gasteiger partial charge in [-0.2, -0.15) is 0 Å². The van der Waals surface area contributed by atoms with Crippen molar-refractivity contribution in [3.8, 4) is 135 Å². The average molecular weight is 1450 g/mol. The van der Waals surface area contributed by atoms with Crippen LogP contribution in [-0.4, -0.2) is 19.9 Å². The van der Waals surface area contributed by atoms with Gasteiger partial charge in [-0.05, 0) is 148 Å².